The Morgan fingerprint density at radius 2 is 1.75 bits per heavy atom. The zero-order valence-corrected chi connectivity index (χ0v) is 12.2. The molecular weight excluding hydrogens is 343 g/mol. The van der Waals surface area contributed by atoms with E-state index in [2.05, 4.69) is 25.7 Å². The Labute approximate surface area is 121 Å². The Bertz CT molecular complexity index is 508. The number of alkyl halides is 3. The van der Waals surface area contributed by atoms with Crippen molar-refractivity contribution in [3.63, 3.8) is 0 Å². The van der Waals surface area contributed by atoms with Crippen LogP contribution in [0.3, 0.4) is 0 Å². The highest BCUT2D eigenvalue weighted by Crippen LogP contribution is 2.43. The molecule has 2 rings (SSSR count). The Kier molecular flexibility index (Phi) is 4.12. The Hall–Kier alpha value is -1.44. The van der Waals surface area contributed by atoms with Gasteiger partial charge in [-0.3, -0.25) is 0 Å². The summed E-state index contributed by atoms with van der Waals surface area (Å²) in [5.41, 5.74) is 0.304. The fourth-order valence-electron chi connectivity index (χ4n) is 1.90. The van der Waals surface area contributed by atoms with Crippen LogP contribution in [0.1, 0.15) is 11.6 Å². The molecule has 1 aliphatic rings. The molecule has 1 aromatic rings. The maximum Gasteiger partial charge on any atom is 0.427 e. The van der Waals surface area contributed by atoms with Crippen LogP contribution in [0.5, 0.6) is 11.5 Å². The number of benzene rings is 1. The fourth-order valence-corrected chi connectivity index (χ4v) is 2.45. The van der Waals surface area contributed by atoms with Crippen molar-refractivity contribution in [3.05, 3.63) is 22.2 Å². The zero-order valence-electron chi connectivity index (χ0n) is 10.6. The second kappa shape index (κ2) is 5.51. The normalized spacial score (nSPS) is 21.7. The first-order chi connectivity index (χ1) is 9.38. The largest absolute Gasteiger partial charge is 0.495 e. The van der Waals surface area contributed by atoms with Gasteiger partial charge in [0.1, 0.15) is 22.0 Å². The van der Waals surface area contributed by atoms with E-state index in [1.54, 1.807) is 0 Å². The van der Waals surface area contributed by atoms with Crippen molar-refractivity contribution in [1.29, 1.82) is 0 Å². The number of aliphatic imine (C=N–C) groups is 1. The third-order valence-corrected chi connectivity index (χ3v) is 3.63. The molecule has 2 atom stereocenters. The van der Waals surface area contributed by atoms with Gasteiger partial charge in [0, 0.05) is 0 Å². The lowest BCUT2D eigenvalue weighted by Gasteiger charge is -2.21. The molecule has 2 unspecified atom stereocenters. The highest BCUT2D eigenvalue weighted by molar-refractivity contribution is 9.10. The smallest absolute Gasteiger partial charge is 0.427 e. The Balaban J connectivity index is 2.44. The summed E-state index contributed by atoms with van der Waals surface area (Å²) < 4.78 is 53.9. The van der Waals surface area contributed by atoms with Crippen molar-refractivity contribution >= 4 is 22.3 Å². The van der Waals surface area contributed by atoms with Gasteiger partial charge in [0.25, 0.3) is 0 Å². The fraction of sp³-hybridized carbons (Fsp3) is 0.417. The van der Waals surface area contributed by atoms with Crippen LogP contribution in [0.25, 0.3) is 0 Å². The molecule has 0 spiro atoms. The van der Waals surface area contributed by atoms with E-state index in [1.165, 1.54) is 26.4 Å². The first kappa shape index (κ1) is 15.0. The number of rotatable bonds is 3. The molecule has 0 aromatic heterocycles. The summed E-state index contributed by atoms with van der Waals surface area (Å²) in [5.74, 6) is 0.727. The van der Waals surface area contributed by atoms with Gasteiger partial charge in [-0.15, -0.1) is 0 Å². The number of nitrogens with zero attached hydrogens (tertiary/aromatic N) is 1. The molecule has 0 saturated heterocycles. The topological polar surface area (TPSA) is 40.0 Å². The van der Waals surface area contributed by atoms with E-state index in [9.17, 15) is 13.2 Å². The maximum absolute atomic E-state index is 12.9. The lowest BCUT2D eigenvalue weighted by atomic mass is 10.0. The molecule has 0 saturated carbocycles. The van der Waals surface area contributed by atoms with Crippen molar-refractivity contribution in [3.8, 4) is 11.5 Å². The molecule has 0 fully saturated rings. The van der Waals surface area contributed by atoms with Gasteiger partial charge in [-0.1, -0.05) is 0 Å². The van der Waals surface area contributed by atoms with Gasteiger partial charge in [0.2, 0.25) is 6.10 Å². The molecule has 4 nitrogen and oxygen atoms in total. The van der Waals surface area contributed by atoms with Crippen LogP contribution in [0, 0.1) is 0 Å². The highest BCUT2D eigenvalue weighted by Gasteiger charge is 2.49. The number of hydrogen-bond donors (Lipinski definition) is 0. The van der Waals surface area contributed by atoms with Crippen LogP contribution in [0.4, 0.5) is 13.2 Å². The quantitative estimate of drug-likeness (QED) is 0.834. The standard InChI is InChI=1S/C12H11BrF3NO3/c1-18-7-3-6(4-8(19-2)9(7)13)10-11(12(14,15)16)20-5-17-10/h3-5,10-11H,1-2H3. The maximum atomic E-state index is 12.9. The highest BCUT2D eigenvalue weighted by atomic mass is 79.9. The first-order valence-corrected chi connectivity index (χ1v) is 6.33. The molecule has 110 valence electrons. The van der Waals surface area contributed by atoms with Gasteiger partial charge in [0.05, 0.1) is 14.2 Å². The minimum absolute atomic E-state index is 0.304. The first-order valence-electron chi connectivity index (χ1n) is 5.53. The van der Waals surface area contributed by atoms with Gasteiger partial charge in [-0.2, -0.15) is 13.2 Å². The number of methoxy groups -OCH3 is 2. The minimum Gasteiger partial charge on any atom is -0.495 e. The molecule has 0 aliphatic carbocycles. The molecule has 1 aromatic carbocycles. The second-order valence-corrected chi connectivity index (χ2v) is 4.83. The van der Waals surface area contributed by atoms with Gasteiger partial charge in [-0.25, -0.2) is 4.99 Å². The van der Waals surface area contributed by atoms with E-state index < -0.39 is 18.3 Å². The van der Waals surface area contributed by atoms with Gasteiger partial charge < -0.3 is 14.2 Å². The van der Waals surface area contributed by atoms with Gasteiger partial charge in [-0.05, 0) is 33.6 Å². The lowest BCUT2D eigenvalue weighted by Crippen LogP contribution is -2.33. The predicted molar refractivity (Wildman–Crippen MR) is 69.4 cm³/mol. The van der Waals surface area contributed by atoms with Crippen LogP contribution in [-0.4, -0.2) is 32.9 Å². The van der Waals surface area contributed by atoms with E-state index in [0.29, 0.717) is 21.5 Å². The summed E-state index contributed by atoms with van der Waals surface area (Å²) in [6.45, 7) is 0. The van der Waals surface area contributed by atoms with Crippen molar-refractivity contribution in [2.24, 2.45) is 4.99 Å². The average molecular weight is 354 g/mol. The summed E-state index contributed by atoms with van der Waals surface area (Å²) in [4.78, 5) is 3.74. The van der Waals surface area contributed by atoms with Crippen LogP contribution >= 0.6 is 15.9 Å². The molecule has 8 heteroatoms. The van der Waals surface area contributed by atoms with E-state index in [0.717, 1.165) is 6.40 Å². The molecule has 1 heterocycles. The van der Waals surface area contributed by atoms with Crippen LogP contribution in [0.15, 0.2) is 21.6 Å². The van der Waals surface area contributed by atoms with Crippen LogP contribution in [-0.2, 0) is 4.74 Å². The van der Waals surface area contributed by atoms with E-state index in [1.807, 2.05) is 0 Å². The minimum atomic E-state index is -4.51. The van der Waals surface area contributed by atoms with E-state index in [-0.39, 0.29) is 0 Å². The third kappa shape index (κ3) is 2.70. The molecule has 0 amide bonds. The Morgan fingerprint density at radius 3 is 2.20 bits per heavy atom. The zero-order chi connectivity index (χ0) is 14.9. The summed E-state index contributed by atoms with van der Waals surface area (Å²) in [7, 11) is 2.83. The second-order valence-electron chi connectivity index (χ2n) is 4.04. The monoisotopic (exact) mass is 353 g/mol. The molecule has 1 aliphatic heterocycles. The van der Waals surface area contributed by atoms with Crippen LogP contribution < -0.4 is 9.47 Å². The van der Waals surface area contributed by atoms with E-state index >= 15 is 0 Å². The van der Waals surface area contributed by atoms with Crippen molar-refractivity contribution in [1.82, 2.24) is 0 Å². The third-order valence-electron chi connectivity index (χ3n) is 2.85. The van der Waals surface area contributed by atoms with Crippen LogP contribution in [0.2, 0.25) is 0 Å². The molecule has 20 heavy (non-hydrogen) atoms. The van der Waals surface area contributed by atoms with Gasteiger partial charge in [0.15, 0.2) is 6.40 Å². The molecule has 0 N–H and O–H groups in total. The average Bonchev–Trinajstić information content (AvgIpc) is 2.88. The number of hydrogen-bond acceptors (Lipinski definition) is 4. The van der Waals surface area contributed by atoms with Gasteiger partial charge >= 0.3 is 6.18 Å². The summed E-state index contributed by atoms with van der Waals surface area (Å²) in [5, 5.41) is 0. The predicted octanol–water partition coefficient (Wildman–Crippen LogP) is 3.50. The van der Waals surface area contributed by atoms with Crippen molar-refractivity contribution in [2.45, 2.75) is 18.3 Å². The Morgan fingerprint density at radius 1 is 1.20 bits per heavy atom. The summed E-state index contributed by atoms with van der Waals surface area (Å²) in [6, 6.07) is 1.77. The summed E-state index contributed by atoms with van der Waals surface area (Å²) in [6.07, 6.45) is -5.68. The summed E-state index contributed by atoms with van der Waals surface area (Å²) >= 11 is 3.26. The van der Waals surface area contributed by atoms with Crippen molar-refractivity contribution in [2.75, 3.05) is 14.2 Å². The van der Waals surface area contributed by atoms with Crippen molar-refractivity contribution < 1.29 is 27.4 Å². The number of halogens is 4. The molecule has 0 radical (unpaired) electrons. The SMILES string of the molecule is COc1cc(C2N=COC2C(F)(F)F)cc(OC)c1Br. The molecular formula is C12H11BrF3NO3. The van der Waals surface area contributed by atoms with E-state index in [4.69, 9.17) is 9.47 Å². The lowest BCUT2D eigenvalue weighted by molar-refractivity contribution is -0.198. The number of ether oxygens (including phenoxy) is 3. The molecule has 0 bridgehead atoms.